The number of pyridine rings is 3. The van der Waals surface area contributed by atoms with E-state index in [4.69, 9.17) is 49.9 Å². The van der Waals surface area contributed by atoms with Crippen LogP contribution < -0.4 is 48.7 Å². The number of aromatic nitrogens is 9. The zero-order valence-electron chi connectivity index (χ0n) is 66.1. The van der Waals surface area contributed by atoms with E-state index in [0.717, 1.165) is 110 Å². The number of aryl methyl sites for hydroxylation is 9. The number of fused-ring (bicyclic) bond motifs is 3. The number of nitrogens with one attached hydrogen (secondary N) is 7. The molecule has 8 aromatic rings. The second-order valence-corrected chi connectivity index (χ2v) is 29.8. The molecule has 1 unspecified atom stereocenters. The van der Waals surface area contributed by atoms with E-state index in [0.29, 0.717) is 50.5 Å². The molecule has 0 bridgehead atoms. The molecule has 3 aliphatic rings. The van der Waals surface area contributed by atoms with Crippen LogP contribution in [0.25, 0.3) is 0 Å². The summed E-state index contributed by atoms with van der Waals surface area (Å²) < 4.78 is 39.8. The standard InChI is InChI=1S/C29H36N6O5.C21H30N6O3.C15H22N2O4.C14H16N4O2.BH2OP/c1-29(2,3)40-27(37)24(34-28(38)39-19-20-8-5-4-6-9-20)17-31-26(36)22-16-32-35(18-22)15-13-23-12-11-21-10-7-14-30-25(21)33-23;1-21(2,3)30-20(29)17(22)12-24-19(28)15-11-25-27(13-15)10-8-16-7-6-14-5-4-9-23-18(14)26-16;1-15(2,3)21-13(18)12(9-16)17-14(19)20-10-11-7-5-4-6-8-11;19-14(20)11-8-16-18(9-11)7-5-12-4-3-10-2-1-6-15-13(10)17-12;2-1-3/h4-6,8-9,11-12,16,18,24H,7,10,13-15,17,19H2,1-3H3,(H,30,33)(H,31,36)(H,34,38);6-7,11,13,17H,4-5,8-10,12,22H2,1-3H3,(H,23,26)(H,24,28);4-8,12H,9-10,16H2,1-3H3,(H,17,19);3-4,8-9H,1-2,5-7H2,(H,15,17)(H,19,20);3H2/t24-;17-;12-;;/m000../s1. The van der Waals surface area contributed by atoms with Crippen molar-refractivity contribution in [3.63, 3.8) is 0 Å². The number of hydrogen-bond acceptors (Lipinski definition) is 25. The Morgan fingerprint density at radius 1 is 0.509 bits per heavy atom. The normalized spacial score (nSPS) is 13.2. The quantitative estimate of drug-likeness (QED) is 0.0108. The maximum atomic E-state index is 12.8. The van der Waals surface area contributed by atoms with E-state index in [9.17, 15) is 38.4 Å². The molecule has 610 valence electrons. The molecular formula is C79H106BN18O15P. The summed E-state index contributed by atoms with van der Waals surface area (Å²) in [4.78, 5) is 110. The third kappa shape index (κ3) is 32.3. The minimum absolute atomic E-state index is 0.00896. The molecular weight excluding hydrogens is 1480 g/mol. The molecule has 0 spiro atoms. The molecule has 4 amide bonds. The van der Waals surface area contributed by atoms with Crippen LogP contribution in [-0.4, -0.2) is 178 Å². The number of carbonyl (C=O) groups is 8. The van der Waals surface area contributed by atoms with Gasteiger partial charge in [0.05, 0.1) is 35.3 Å². The molecule has 4 atom stereocenters. The average molecular weight is 1590 g/mol. The first-order valence-corrected chi connectivity index (χ1v) is 38.3. The summed E-state index contributed by atoms with van der Waals surface area (Å²) in [6.07, 6.45) is 16.3. The third-order valence-corrected chi connectivity index (χ3v) is 16.6. The van der Waals surface area contributed by atoms with Crippen LogP contribution in [0.2, 0.25) is 0 Å². The molecule has 9 heterocycles. The summed E-state index contributed by atoms with van der Waals surface area (Å²) in [5.41, 5.74) is 18.5. The summed E-state index contributed by atoms with van der Waals surface area (Å²) in [5, 5.41) is 41.6. The van der Waals surface area contributed by atoms with Crippen molar-refractivity contribution in [2.24, 2.45) is 11.5 Å². The SMILES string of the molecule is CC(C)(C)OC(=O)[C@@H](N)CNC(=O)c1cnn(CCc2ccc3c(n2)NCCC3)c1.CC(C)(C)OC(=O)[C@H](CN)NC(=O)OCc1ccccc1.CC(C)(C)OC(=O)[C@H](CNC(=O)c1cnn(CCc2ccc3c(n2)NCCC3)c1)NC(=O)OCc1ccccc1.O=BP.O=C(O)c1cnn(CCc2ccc3c(n2)NCCC3)c1. The van der Waals surface area contributed by atoms with Gasteiger partial charge in [-0.2, -0.15) is 15.3 Å². The predicted molar refractivity (Wildman–Crippen MR) is 430 cm³/mol. The molecule has 0 saturated heterocycles. The monoisotopic (exact) mass is 1590 g/mol. The van der Waals surface area contributed by atoms with Crippen LogP contribution in [0.1, 0.15) is 158 Å². The van der Waals surface area contributed by atoms with E-state index >= 15 is 0 Å². The summed E-state index contributed by atoms with van der Waals surface area (Å²) >= 11 is 0. The second-order valence-electron chi connectivity index (χ2n) is 29.6. The molecule has 114 heavy (non-hydrogen) atoms. The first-order chi connectivity index (χ1) is 54.3. The minimum Gasteiger partial charge on any atom is -0.478 e. The number of nitrogens with zero attached hydrogens (tertiary/aromatic N) is 9. The van der Waals surface area contributed by atoms with Crippen LogP contribution >= 0.6 is 9.12 Å². The molecule has 6 aromatic heterocycles. The van der Waals surface area contributed by atoms with Crippen molar-refractivity contribution in [1.29, 1.82) is 0 Å². The van der Waals surface area contributed by atoms with Gasteiger partial charge in [-0.15, -0.1) is 0 Å². The average Bonchev–Trinajstić information content (AvgIpc) is 1.20. The molecule has 0 aliphatic carbocycles. The number of carbonyl (C=O) groups excluding carboxylic acids is 7. The number of rotatable bonds is 26. The number of carboxylic acid groups (broad SMARTS) is 1. The van der Waals surface area contributed by atoms with Gasteiger partial charge in [-0.3, -0.25) is 28.4 Å². The van der Waals surface area contributed by atoms with Crippen molar-refractivity contribution in [3.8, 4) is 0 Å². The second kappa shape index (κ2) is 44.7. The number of benzene rings is 2. The number of alkyl carbamates (subject to hydrolysis) is 2. The largest absolute Gasteiger partial charge is 0.478 e. The van der Waals surface area contributed by atoms with Crippen LogP contribution in [0.15, 0.2) is 134 Å². The minimum atomic E-state index is -1.15. The molecule has 0 saturated carbocycles. The van der Waals surface area contributed by atoms with Gasteiger partial charge in [-0.1, -0.05) is 78.9 Å². The Bertz CT molecular complexity index is 4470. The van der Waals surface area contributed by atoms with Crippen molar-refractivity contribution in [3.05, 3.63) is 196 Å². The Hall–Kier alpha value is -11.5. The first-order valence-electron chi connectivity index (χ1n) is 37.6. The number of anilines is 3. The Morgan fingerprint density at radius 2 is 0.851 bits per heavy atom. The molecule has 2 aromatic carbocycles. The molecule has 0 radical (unpaired) electrons. The zero-order valence-corrected chi connectivity index (χ0v) is 67.2. The van der Waals surface area contributed by atoms with E-state index in [1.165, 1.54) is 35.3 Å². The maximum absolute atomic E-state index is 12.8. The maximum Gasteiger partial charge on any atom is 0.338 e. The summed E-state index contributed by atoms with van der Waals surface area (Å²) in [5.74, 6) is -0.638. The van der Waals surface area contributed by atoms with Gasteiger partial charge >= 0.3 is 56.8 Å². The van der Waals surface area contributed by atoms with E-state index < -0.39 is 76.9 Å². The van der Waals surface area contributed by atoms with Crippen molar-refractivity contribution < 1.29 is 71.9 Å². The van der Waals surface area contributed by atoms with Gasteiger partial charge in [0.1, 0.15) is 65.6 Å². The summed E-state index contributed by atoms with van der Waals surface area (Å²) in [6.45, 7) is 20.9. The Morgan fingerprint density at radius 3 is 1.21 bits per heavy atom. The van der Waals surface area contributed by atoms with E-state index in [2.05, 4.69) is 80.7 Å². The first kappa shape index (κ1) is 89.7. The zero-order chi connectivity index (χ0) is 82.8. The Labute approximate surface area is 666 Å². The van der Waals surface area contributed by atoms with Crippen LogP contribution in [0.5, 0.6) is 0 Å². The third-order valence-electron chi connectivity index (χ3n) is 16.6. The van der Waals surface area contributed by atoms with Crippen LogP contribution in [0.3, 0.4) is 0 Å². The van der Waals surface area contributed by atoms with Gasteiger partial charge in [0.15, 0.2) is 0 Å². The summed E-state index contributed by atoms with van der Waals surface area (Å²) in [7, 11) is 1.90. The van der Waals surface area contributed by atoms with Gasteiger partial charge in [0.25, 0.3) is 11.8 Å². The van der Waals surface area contributed by atoms with Crippen LogP contribution in [-0.2, 0) is 114 Å². The van der Waals surface area contributed by atoms with Gasteiger partial charge in [-0.25, -0.2) is 38.9 Å². The Kier molecular flexibility index (Phi) is 35.1. The molecule has 35 heteroatoms. The van der Waals surface area contributed by atoms with Gasteiger partial charge < -0.3 is 77.5 Å². The smallest absolute Gasteiger partial charge is 0.338 e. The summed E-state index contributed by atoms with van der Waals surface area (Å²) in [6, 6.07) is 27.9. The van der Waals surface area contributed by atoms with Gasteiger partial charge in [0, 0.05) is 114 Å². The van der Waals surface area contributed by atoms with E-state index in [1.807, 2.05) is 88.0 Å². The van der Waals surface area contributed by atoms with Crippen molar-refractivity contribution in [1.82, 2.24) is 65.6 Å². The number of ether oxygens (including phenoxy) is 5. The van der Waals surface area contributed by atoms with Gasteiger partial charge in [0.2, 0.25) is 0 Å². The molecule has 12 N–H and O–H groups in total. The molecule has 11 rings (SSSR count). The number of nitrogens with two attached hydrogens (primary N) is 2. The van der Waals surface area contributed by atoms with Gasteiger partial charge in [-0.05, 0) is 147 Å². The predicted octanol–water partition coefficient (Wildman–Crippen LogP) is 7.51. The van der Waals surface area contributed by atoms with Crippen LogP contribution in [0, 0.1) is 0 Å². The molecule has 33 nitrogen and oxygen atoms in total. The molecule has 0 fully saturated rings. The Balaban J connectivity index is 0.000000216. The molecule has 3 aliphatic heterocycles. The number of esters is 3. The van der Waals surface area contributed by atoms with Crippen molar-refractivity contribution >= 4 is 81.3 Å². The number of hydrogen-bond donors (Lipinski definition) is 10. The number of amides is 4. The van der Waals surface area contributed by atoms with E-state index in [1.54, 1.807) is 94.9 Å². The number of aromatic carboxylic acids is 1. The number of carboxylic acids is 1. The fourth-order valence-electron chi connectivity index (χ4n) is 11.0. The fraction of sp³-hybridized carbons (Fsp3) is 0.443. The van der Waals surface area contributed by atoms with Crippen LogP contribution in [0.4, 0.5) is 27.0 Å². The topological polar surface area (TPSA) is 448 Å². The van der Waals surface area contributed by atoms with Crippen molar-refractivity contribution in [2.75, 3.05) is 55.2 Å². The van der Waals surface area contributed by atoms with E-state index in [-0.39, 0.29) is 44.3 Å². The fourth-order valence-corrected chi connectivity index (χ4v) is 11.0. The van der Waals surface area contributed by atoms with Crippen molar-refractivity contribution in [2.45, 2.75) is 188 Å².